The number of amides is 1. The molecule has 2 rings (SSSR count). The van der Waals surface area contributed by atoms with Crippen molar-refractivity contribution < 1.29 is 14.6 Å². The van der Waals surface area contributed by atoms with Gasteiger partial charge in [0, 0.05) is 12.1 Å². The summed E-state index contributed by atoms with van der Waals surface area (Å²) in [7, 11) is 0. The average Bonchev–Trinajstić information content (AvgIpc) is 2.35. The van der Waals surface area contributed by atoms with E-state index in [0.29, 0.717) is 12.8 Å². The summed E-state index contributed by atoms with van der Waals surface area (Å²) >= 11 is 0. The molecule has 4 nitrogen and oxygen atoms in total. The van der Waals surface area contributed by atoms with Gasteiger partial charge in [-0.2, -0.15) is 0 Å². The zero-order valence-corrected chi connectivity index (χ0v) is 11.2. The Hall–Kier alpha value is -0.770. The molecule has 17 heavy (non-hydrogen) atoms. The minimum Gasteiger partial charge on any atom is -0.444 e. The standard InChI is InChI=1S/C13H23NO3/c1-12(2,3)17-11(15)14-9-5-6-10(14)8-13(4,16)7-9/h9-10,16H,5-8H2,1-4H3/t9-,10-/m0/s1. The van der Waals surface area contributed by atoms with Crippen molar-refractivity contribution in [2.24, 2.45) is 0 Å². The molecule has 2 heterocycles. The molecule has 0 saturated carbocycles. The lowest BCUT2D eigenvalue weighted by Crippen LogP contribution is -2.53. The van der Waals surface area contributed by atoms with Crippen LogP contribution in [-0.4, -0.2) is 39.4 Å². The third-order valence-electron chi connectivity index (χ3n) is 3.57. The molecule has 1 amide bonds. The lowest BCUT2D eigenvalue weighted by atomic mass is 9.88. The Morgan fingerprint density at radius 3 is 2.18 bits per heavy atom. The van der Waals surface area contributed by atoms with E-state index in [0.717, 1.165) is 12.8 Å². The molecule has 0 radical (unpaired) electrons. The summed E-state index contributed by atoms with van der Waals surface area (Å²) in [5.41, 5.74) is -1.07. The van der Waals surface area contributed by atoms with E-state index in [1.807, 2.05) is 32.6 Å². The molecular formula is C13H23NO3. The fourth-order valence-electron chi connectivity index (χ4n) is 3.07. The Morgan fingerprint density at radius 1 is 1.29 bits per heavy atom. The van der Waals surface area contributed by atoms with Gasteiger partial charge in [-0.3, -0.25) is 0 Å². The Labute approximate surface area is 103 Å². The lowest BCUT2D eigenvalue weighted by Gasteiger charge is -2.42. The molecule has 2 bridgehead atoms. The minimum absolute atomic E-state index is 0.151. The van der Waals surface area contributed by atoms with Crippen LogP contribution >= 0.6 is 0 Å². The van der Waals surface area contributed by atoms with E-state index in [2.05, 4.69) is 0 Å². The van der Waals surface area contributed by atoms with Gasteiger partial charge < -0.3 is 14.7 Å². The predicted molar refractivity (Wildman–Crippen MR) is 64.7 cm³/mol. The van der Waals surface area contributed by atoms with E-state index < -0.39 is 11.2 Å². The third kappa shape index (κ3) is 2.73. The molecule has 0 aliphatic carbocycles. The van der Waals surface area contributed by atoms with Gasteiger partial charge in [-0.15, -0.1) is 0 Å². The van der Waals surface area contributed by atoms with Gasteiger partial charge in [-0.05, 0) is 53.4 Å². The summed E-state index contributed by atoms with van der Waals surface area (Å²) < 4.78 is 5.43. The summed E-state index contributed by atoms with van der Waals surface area (Å²) in [4.78, 5) is 14.0. The second kappa shape index (κ2) is 3.87. The molecule has 0 spiro atoms. The van der Waals surface area contributed by atoms with Gasteiger partial charge >= 0.3 is 6.09 Å². The van der Waals surface area contributed by atoms with Crippen molar-refractivity contribution in [2.45, 2.75) is 76.7 Å². The zero-order valence-electron chi connectivity index (χ0n) is 11.2. The van der Waals surface area contributed by atoms with Gasteiger partial charge in [-0.1, -0.05) is 0 Å². The molecule has 2 aliphatic rings. The Balaban J connectivity index is 2.07. The van der Waals surface area contributed by atoms with Crippen LogP contribution in [0.1, 0.15) is 53.4 Å². The monoisotopic (exact) mass is 241 g/mol. The highest BCUT2D eigenvalue weighted by molar-refractivity contribution is 5.69. The number of nitrogens with zero attached hydrogens (tertiary/aromatic N) is 1. The van der Waals surface area contributed by atoms with E-state index in [1.165, 1.54) is 0 Å². The first-order valence-electron chi connectivity index (χ1n) is 6.42. The molecule has 2 aliphatic heterocycles. The highest BCUT2D eigenvalue weighted by Crippen LogP contribution is 2.41. The molecule has 0 unspecified atom stereocenters. The van der Waals surface area contributed by atoms with Gasteiger partial charge in [0.15, 0.2) is 0 Å². The number of piperidine rings is 1. The summed E-state index contributed by atoms with van der Waals surface area (Å²) in [6.45, 7) is 7.51. The van der Waals surface area contributed by atoms with Crippen LogP contribution in [-0.2, 0) is 4.74 Å². The van der Waals surface area contributed by atoms with E-state index >= 15 is 0 Å². The summed E-state index contributed by atoms with van der Waals surface area (Å²) in [5, 5.41) is 10.1. The quantitative estimate of drug-likeness (QED) is 0.708. The van der Waals surface area contributed by atoms with Crippen molar-refractivity contribution in [3.05, 3.63) is 0 Å². The van der Waals surface area contributed by atoms with Crippen LogP contribution in [0.15, 0.2) is 0 Å². The van der Waals surface area contributed by atoms with Crippen molar-refractivity contribution in [3.63, 3.8) is 0 Å². The number of carbonyl (C=O) groups excluding carboxylic acids is 1. The van der Waals surface area contributed by atoms with Gasteiger partial charge in [0.05, 0.1) is 5.60 Å². The van der Waals surface area contributed by atoms with Crippen LogP contribution in [0.5, 0.6) is 0 Å². The van der Waals surface area contributed by atoms with Crippen LogP contribution in [0.2, 0.25) is 0 Å². The minimum atomic E-state index is -0.621. The summed E-state index contributed by atoms with van der Waals surface area (Å²) in [6.07, 6.45) is 3.09. The predicted octanol–water partition coefficient (Wildman–Crippen LogP) is 2.30. The molecule has 4 heteroatoms. The van der Waals surface area contributed by atoms with Crippen LogP contribution in [0.25, 0.3) is 0 Å². The van der Waals surface area contributed by atoms with E-state index in [-0.39, 0.29) is 18.2 Å². The fraction of sp³-hybridized carbons (Fsp3) is 0.923. The molecule has 2 atom stereocenters. The average molecular weight is 241 g/mol. The SMILES string of the molecule is CC1(O)C[C@@H]2CC[C@@H](C1)N2C(=O)OC(C)(C)C. The molecule has 98 valence electrons. The number of carbonyl (C=O) groups is 1. The maximum atomic E-state index is 12.1. The van der Waals surface area contributed by atoms with Gasteiger partial charge in [0.1, 0.15) is 5.60 Å². The van der Waals surface area contributed by atoms with Crippen molar-refractivity contribution in [3.8, 4) is 0 Å². The molecule has 0 aromatic heterocycles. The number of fused-ring (bicyclic) bond motifs is 2. The maximum absolute atomic E-state index is 12.1. The molecule has 0 aromatic carbocycles. The molecule has 2 saturated heterocycles. The van der Waals surface area contributed by atoms with E-state index in [4.69, 9.17) is 4.74 Å². The van der Waals surface area contributed by atoms with E-state index in [9.17, 15) is 9.90 Å². The van der Waals surface area contributed by atoms with Crippen LogP contribution in [0.4, 0.5) is 4.79 Å². The van der Waals surface area contributed by atoms with Gasteiger partial charge in [0.25, 0.3) is 0 Å². The molecule has 2 fully saturated rings. The lowest BCUT2D eigenvalue weighted by molar-refractivity contribution is -0.0483. The highest BCUT2D eigenvalue weighted by Gasteiger charge is 2.48. The number of hydrogen-bond donors (Lipinski definition) is 1. The molecular weight excluding hydrogens is 218 g/mol. The largest absolute Gasteiger partial charge is 0.444 e. The van der Waals surface area contributed by atoms with Crippen molar-refractivity contribution >= 4 is 6.09 Å². The highest BCUT2D eigenvalue weighted by atomic mass is 16.6. The Kier molecular flexibility index (Phi) is 2.89. The fourth-order valence-corrected chi connectivity index (χ4v) is 3.07. The van der Waals surface area contributed by atoms with Crippen molar-refractivity contribution in [2.75, 3.05) is 0 Å². The molecule has 1 N–H and O–H groups in total. The third-order valence-corrected chi connectivity index (χ3v) is 3.57. The maximum Gasteiger partial charge on any atom is 0.410 e. The first-order chi connectivity index (χ1) is 7.68. The number of hydrogen-bond acceptors (Lipinski definition) is 3. The second-order valence-electron chi connectivity index (χ2n) is 6.68. The second-order valence-corrected chi connectivity index (χ2v) is 6.68. The van der Waals surface area contributed by atoms with Crippen LogP contribution < -0.4 is 0 Å². The van der Waals surface area contributed by atoms with Gasteiger partial charge in [-0.25, -0.2) is 4.79 Å². The molecule has 0 aromatic rings. The first-order valence-corrected chi connectivity index (χ1v) is 6.42. The topological polar surface area (TPSA) is 49.8 Å². The number of ether oxygens (including phenoxy) is 1. The van der Waals surface area contributed by atoms with Crippen molar-refractivity contribution in [1.29, 1.82) is 0 Å². The summed E-state index contributed by atoms with van der Waals surface area (Å²) in [5.74, 6) is 0. The van der Waals surface area contributed by atoms with Crippen LogP contribution in [0, 0.1) is 0 Å². The van der Waals surface area contributed by atoms with E-state index in [1.54, 1.807) is 0 Å². The zero-order chi connectivity index (χ0) is 12.8. The number of aliphatic hydroxyl groups is 1. The Bertz CT molecular complexity index is 303. The van der Waals surface area contributed by atoms with Gasteiger partial charge in [0.2, 0.25) is 0 Å². The normalized spacial score (nSPS) is 37.1. The Morgan fingerprint density at radius 2 is 1.76 bits per heavy atom. The van der Waals surface area contributed by atoms with Crippen LogP contribution in [0.3, 0.4) is 0 Å². The number of rotatable bonds is 0. The van der Waals surface area contributed by atoms with Crippen molar-refractivity contribution in [1.82, 2.24) is 4.90 Å². The smallest absolute Gasteiger partial charge is 0.410 e. The summed E-state index contributed by atoms with van der Waals surface area (Å²) in [6, 6.07) is 0.303. The first kappa shape index (κ1) is 12.7.